The van der Waals surface area contributed by atoms with Gasteiger partial charge in [-0.3, -0.25) is 4.79 Å². The minimum atomic E-state index is -3.33. The van der Waals surface area contributed by atoms with Crippen molar-refractivity contribution in [2.75, 3.05) is 33.7 Å². The molecule has 0 spiro atoms. The summed E-state index contributed by atoms with van der Waals surface area (Å²) in [7, 11) is -0.246. The van der Waals surface area contributed by atoms with Crippen LogP contribution in [0.25, 0.3) is 0 Å². The lowest BCUT2D eigenvalue weighted by molar-refractivity contribution is 0.0941. The number of carbonyl (C=O) groups excluding carboxylic acids is 1. The molecule has 8 heteroatoms. The molecule has 6 nitrogen and oxygen atoms in total. The molecule has 0 aliphatic carbocycles. The lowest BCUT2D eigenvalue weighted by Gasteiger charge is -2.32. The largest absolute Gasteiger partial charge is 0.352 e. The highest BCUT2D eigenvalue weighted by atomic mass is 79.9. The number of hydrogen-bond donors (Lipinski definition) is 1. The summed E-state index contributed by atoms with van der Waals surface area (Å²) in [6, 6.07) is 7.25. The minimum absolute atomic E-state index is 0.102. The molecule has 1 aliphatic heterocycles. The Morgan fingerprint density at radius 3 is 2.57 bits per heavy atom. The molecule has 0 bridgehead atoms. The Morgan fingerprint density at radius 2 is 2.00 bits per heavy atom. The van der Waals surface area contributed by atoms with E-state index in [0.29, 0.717) is 31.1 Å². The topological polar surface area (TPSA) is 69.7 Å². The fourth-order valence-electron chi connectivity index (χ4n) is 2.54. The first-order valence-corrected chi connectivity index (χ1v) is 9.71. The number of halogens is 1. The van der Waals surface area contributed by atoms with Gasteiger partial charge < -0.3 is 5.32 Å². The van der Waals surface area contributed by atoms with E-state index < -0.39 is 10.2 Å². The van der Waals surface area contributed by atoms with Gasteiger partial charge in [-0.25, -0.2) is 0 Å². The van der Waals surface area contributed by atoms with Crippen LogP contribution in [0.5, 0.6) is 0 Å². The minimum Gasteiger partial charge on any atom is -0.352 e. The van der Waals surface area contributed by atoms with Gasteiger partial charge in [0.05, 0.1) is 0 Å². The van der Waals surface area contributed by atoms with E-state index in [4.69, 9.17) is 0 Å². The normalized spacial score (nSPS) is 17.4. The van der Waals surface area contributed by atoms with Crippen LogP contribution in [0.3, 0.4) is 0 Å². The summed E-state index contributed by atoms with van der Waals surface area (Å²) >= 11 is 3.35. The highest BCUT2D eigenvalue weighted by molar-refractivity contribution is 9.10. The molecule has 2 rings (SSSR count). The van der Waals surface area contributed by atoms with E-state index in [1.807, 2.05) is 12.1 Å². The van der Waals surface area contributed by atoms with Crippen LogP contribution in [0.2, 0.25) is 0 Å². The smallest absolute Gasteiger partial charge is 0.281 e. The van der Waals surface area contributed by atoms with Gasteiger partial charge in [0.2, 0.25) is 0 Å². The van der Waals surface area contributed by atoms with Crippen LogP contribution in [0.15, 0.2) is 28.7 Å². The average molecular weight is 404 g/mol. The molecule has 1 aromatic carbocycles. The molecule has 1 aromatic rings. The van der Waals surface area contributed by atoms with Crippen molar-refractivity contribution in [3.63, 3.8) is 0 Å². The van der Waals surface area contributed by atoms with Crippen molar-refractivity contribution in [2.45, 2.75) is 12.8 Å². The Kier molecular flexibility index (Phi) is 6.19. The van der Waals surface area contributed by atoms with Crippen LogP contribution in [-0.2, 0) is 10.2 Å². The van der Waals surface area contributed by atoms with Gasteiger partial charge in [0.25, 0.3) is 16.1 Å². The molecule has 1 fully saturated rings. The number of nitrogens with one attached hydrogen (secondary N) is 1. The van der Waals surface area contributed by atoms with Crippen molar-refractivity contribution in [2.24, 2.45) is 5.92 Å². The molecule has 0 saturated carbocycles. The van der Waals surface area contributed by atoms with Crippen molar-refractivity contribution in [3.05, 3.63) is 34.3 Å². The first-order valence-electron chi connectivity index (χ1n) is 7.52. The predicted molar refractivity (Wildman–Crippen MR) is 93.4 cm³/mol. The van der Waals surface area contributed by atoms with Gasteiger partial charge in [-0.2, -0.15) is 17.0 Å². The first kappa shape index (κ1) is 18.4. The average Bonchev–Trinajstić information content (AvgIpc) is 2.52. The Balaban J connectivity index is 1.82. The molecule has 0 aromatic heterocycles. The van der Waals surface area contributed by atoms with Crippen LogP contribution in [-0.4, -0.2) is 56.7 Å². The second kappa shape index (κ2) is 7.74. The number of carbonyl (C=O) groups is 1. The summed E-state index contributed by atoms with van der Waals surface area (Å²) in [5.41, 5.74) is 0.618. The van der Waals surface area contributed by atoms with E-state index in [1.54, 1.807) is 26.2 Å². The SMILES string of the molecule is CN(C)S(=O)(=O)N1CCC(CNC(=O)c2cccc(Br)c2)CC1. The highest BCUT2D eigenvalue weighted by Crippen LogP contribution is 2.20. The van der Waals surface area contributed by atoms with Gasteiger partial charge in [-0.1, -0.05) is 22.0 Å². The maximum absolute atomic E-state index is 12.1. The Hall–Kier alpha value is -0.960. The molecule has 1 saturated heterocycles. The third kappa shape index (κ3) is 4.76. The molecule has 23 heavy (non-hydrogen) atoms. The second-order valence-electron chi connectivity index (χ2n) is 5.85. The van der Waals surface area contributed by atoms with Gasteiger partial charge in [0.15, 0.2) is 0 Å². The maximum atomic E-state index is 12.1. The maximum Gasteiger partial charge on any atom is 0.281 e. The van der Waals surface area contributed by atoms with Gasteiger partial charge >= 0.3 is 0 Å². The van der Waals surface area contributed by atoms with Crippen LogP contribution >= 0.6 is 15.9 Å². The monoisotopic (exact) mass is 403 g/mol. The van der Waals surface area contributed by atoms with Crippen LogP contribution in [0.1, 0.15) is 23.2 Å². The third-order valence-corrected chi connectivity index (χ3v) is 6.43. The molecule has 1 amide bonds. The lowest BCUT2D eigenvalue weighted by Crippen LogP contribution is -2.45. The fourth-order valence-corrected chi connectivity index (χ4v) is 4.08. The van der Waals surface area contributed by atoms with Crippen molar-refractivity contribution >= 4 is 32.0 Å². The molecule has 128 valence electrons. The zero-order valence-corrected chi connectivity index (χ0v) is 15.7. The number of benzene rings is 1. The summed E-state index contributed by atoms with van der Waals surface area (Å²) in [6.07, 6.45) is 1.51. The quantitative estimate of drug-likeness (QED) is 0.812. The summed E-state index contributed by atoms with van der Waals surface area (Å²) in [6.45, 7) is 1.57. The molecule has 1 heterocycles. The van der Waals surface area contributed by atoms with Gasteiger partial charge in [-0.05, 0) is 37.0 Å². The Morgan fingerprint density at radius 1 is 1.35 bits per heavy atom. The van der Waals surface area contributed by atoms with Gasteiger partial charge in [0.1, 0.15) is 0 Å². The van der Waals surface area contributed by atoms with E-state index in [9.17, 15) is 13.2 Å². The Labute approximate surface area is 146 Å². The fraction of sp³-hybridized carbons (Fsp3) is 0.533. The summed E-state index contributed by atoms with van der Waals surface area (Å²) < 4.78 is 27.7. The van der Waals surface area contributed by atoms with E-state index in [-0.39, 0.29) is 5.91 Å². The lowest BCUT2D eigenvalue weighted by atomic mass is 9.98. The number of hydrogen-bond acceptors (Lipinski definition) is 3. The second-order valence-corrected chi connectivity index (χ2v) is 8.91. The zero-order valence-electron chi connectivity index (χ0n) is 13.3. The summed E-state index contributed by atoms with van der Waals surface area (Å²) in [5.74, 6) is 0.203. The van der Waals surface area contributed by atoms with Crippen LogP contribution in [0.4, 0.5) is 0 Å². The first-order chi connectivity index (χ1) is 10.8. The van der Waals surface area contributed by atoms with Crippen molar-refractivity contribution in [1.82, 2.24) is 13.9 Å². The van der Waals surface area contributed by atoms with Gasteiger partial charge in [0, 0.05) is 43.8 Å². The molecule has 1 N–H and O–H groups in total. The van der Waals surface area contributed by atoms with Crippen molar-refractivity contribution < 1.29 is 13.2 Å². The standard InChI is InChI=1S/C15H22BrN3O3S/c1-18(2)23(21,22)19-8-6-12(7-9-19)11-17-15(20)13-4-3-5-14(16)10-13/h3-5,10,12H,6-9,11H2,1-2H3,(H,17,20). The summed E-state index contributed by atoms with van der Waals surface area (Å²) in [4.78, 5) is 12.1. The highest BCUT2D eigenvalue weighted by Gasteiger charge is 2.29. The number of amides is 1. The molecular weight excluding hydrogens is 382 g/mol. The molecule has 1 aliphatic rings. The third-order valence-electron chi connectivity index (χ3n) is 4.00. The van der Waals surface area contributed by atoms with Crippen LogP contribution < -0.4 is 5.32 Å². The number of nitrogens with zero attached hydrogens (tertiary/aromatic N) is 2. The molecular formula is C15H22BrN3O3S. The van der Waals surface area contributed by atoms with Gasteiger partial charge in [-0.15, -0.1) is 0 Å². The van der Waals surface area contributed by atoms with E-state index >= 15 is 0 Å². The molecule has 0 atom stereocenters. The summed E-state index contributed by atoms with van der Waals surface area (Å²) in [5, 5.41) is 2.93. The van der Waals surface area contributed by atoms with E-state index in [2.05, 4.69) is 21.2 Å². The Bertz CT molecular complexity index is 656. The van der Waals surface area contributed by atoms with Crippen molar-refractivity contribution in [3.8, 4) is 0 Å². The predicted octanol–water partition coefficient (Wildman–Crippen LogP) is 1.70. The van der Waals surface area contributed by atoms with Crippen molar-refractivity contribution in [1.29, 1.82) is 0 Å². The van der Waals surface area contributed by atoms with E-state index in [0.717, 1.165) is 17.3 Å². The number of piperidine rings is 1. The van der Waals surface area contributed by atoms with E-state index in [1.165, 1.54) is 8.61 Å². The molecule has 0 radical (unpaired) electrons. The zero-order chi connectivity index (χ0) is 17.0. The molecule has 0 unspecified atom stereocenters. The van der Waals surface area contributed by atoms with Crippen LogP contribution in [0, 0.1) is 5.92 Å². The number of rotatable bonds is 5.